The second-order valence-corrected chi connectivity index (χ2v) is 4.68. The fraction of sp³-hybridized carbons (Fsp3) is 0.250. The molecule has 0 heterocycles. The molecule has 0 radical (unpaired) electrons. The molecule has 0 aliphatic heterocycles. The van der Waals surface area contributed by atoms with Crippen LogP contribution in [-0.4, -0.2) is 6.61 Å². The minimum Gasteiger partial charge on any atom is -0.490 e. The highest BCUT2D eigenvalue weighted by atomic mass is 19.1. The van der Waals surface area contributed by atoms with Crippen molar-refractivity contribution >= 4 is 5.69 Å². The topological polar surface area (TPSA) is 44.5 Å². The van der Waals surface area contributed by atoms with Gasteiger partial charge in [-0.15, -0.1) is 0 Å². The van der Waals surface area contributed by atoms with Gasteiger partial charge in [0.25, 0.3) is 0 Å². The maximum atomic E-state index is 13.7. The van der Waals surface area contributed by atoms with Crippen LogP contribution < -0.4 is 15.2 Å². The van der Waals surface area contributed by atoms with Crippen LogP contribution in [-0.2, 0) is 0 Å². The van der Waals surface area contributed by atoms with Crippen LogP contribution in [0.25, 0.3) is 0 Å². The van der Waals surface area contributed by atoms with Gasteiger partial charge >= 0.3 is 0 Å². The molecule has 2 N–H and O–H groups in total. The Morgan fingerprint density at radius 2 is 1.81 bits per heavy atom. The number of hydrogen-bond donors (Lipinski definition) is 1. The molecule has 0 saturated heterocycles. The summed E-state index contributed by atoms with van der Waals surface area (Å²) in [6, 6.07) is 6.70. The third-order valence-corrected chi connectivity index (χ3v) is 2.90. The largest absolute Gasteiger partial charge is 0.490 e. The number of aryl methyl sites for hydroxylation is 1. The maximum Gasteiger partial charge on any atom is 0.167 e. The van der Waals surface area contributed by atoms with Crippen LogP contribution in [0.1, 0.15) is 18.9 Å². The van der Waals surface area contributed by atoms with Crippen molar-refractivity contribution in [3.8, 4) is 17.2 Å². The zero-order valence-electron chi connectivity index (χ0n) is 12.0. The normalized spacial score (nSPS) is 10.5. The van der Waals surface area contributed by atoms with Crippen molar-refractivity contribution < 1.29 is 18.3 Å². The quantitative estimate of drug-likeness (QED) is 0.829. The van der Waals surface area contributed by atoms with E-state index in [1.165, 1.54) is 18.2 Å². The molecule has 0 fully saturated rings. The minimum atomic E-state index is -0.552. The molecule has 0 amide bonds. The SMILES string of the molecule is CCCOc1cc(Oc2cc(F)ccc2C)c(N)cc1F. The molecule has 2 rings (SSSR count). The first-order valence-electron chi connectivity index (χ1n) is 6.67. The molecule has 0 atom stereocenters. The van der Waals surface area contributed by atoms with E-state index in [2.05, 4.69) is 0 Å². The smallest absolute Gasteiger partial charge is 0.167 e. The number of hydrogen-bond acceptors (Lipinski definition) is 3. The number of anilines is 1. The summed E-state index contributed by atoms with van der Waals surface area (Å²) in [7, 11) is 0. The van der Waals surface area contributed by atoms with Crippen molar-refractivity contribution in [3.05, 3.63) is 47.5 Å². The Kier molecular flexibility index (Phi) is 4.62. The lowest BCUT2D eigenvalue weighted by Gasteiger charge is -2.13. The van der Waals surface area contributed by atoms with E-state index in [9.17, 15) is 8.78 Å². The highest BCUT2D eigenvalue weighted by Crippen LogP contribution is 2.34. The van der Waals surface area contributed by atoms with Crippen LogP contribution in [0.5, 0.6) is 17.2 Å². The van der Waals surface area contributed by atoms with Gasteiger partial charge in [-0.3, -0.25) is 0 Å². The van der Waals surface area contributed by atoms with Gasteiger partial charge in [-0.1, -0.05) is 13.0 Å². The van der Waals surface area contributed by atoms with Crippen molar-refractivity contribution in [2.24, 2.45) is 0 Å². The number of nitrogen functional groups attached to an aromatic ring is 1. The summed E-state index contributed by atoms with van der Waals surface area (Å²) in [5, 5.41) is 0. The van der Waals surface area contributed by atoms with E-state index in [4.69, 9.17) is 15.2 Å². The van der Waals surface area contributed by atoms with Crippen LogP contribution in [0.4, 0.5) is 14.5 Å². The monoisotopic (exact) mass is 293 g/mol. The van der Waals surface area contributed by atoms with Crippen molar-refractivity contribution in [2.45, 2.75) is 20.3 Å². The molecule has 0 aliphatic carbocycles. The number of halogens is 2. The van der Waals surface area contributed by atoms with Gasteiger partial charge in [0.2, 0.25) is 0 Å². The maximum absolute atomic E-state index is 13.7. The van der Waals surface area contributed by atoms with E-state index in [0.29, 0.717) is 12.4 Å². The van der Waals surface area contributed by atoms with Gasteiger partial charge < -0.3 is 15.2 Å². The summed E-state index contributed by atoms with van der Waals surface area (Å²) in [5.74, 6) is -0.343. The minimum absolute atomic E-state index is 0.0649. The fourth-order valence-corrected chi connectivity index (χ4v) is 1.76. The van der Waals surface area contributed by atoms with Gasteiger partial charge in [0.1, 0.15) is 11.6 Å². The standard InChI is InChI=1S/C16H17F2NO2/c1-3-6-20-15-9-16(13(19)8-12(15)18)21-14-7-11(17)5-4-10(14)2/h4-5,7-9H,3,6,19H2,1-2H3. The predicted octanol–water partition coefficient (Wildman–Crippen LogP) is 4.44. The van der Waals surface area contributed by atoms with Gasteiger partial charge in [-0.25, -0.2) is 8.78 Å². The molecule has 21 heavy (non-hydrogen) atoms. The average molecular weight is 293 g/mol. The van der Waals surface area contributed by atoms with E-state index in [1.54, 1.807) is 13.0 Å². The molecule has 2 aromatic rings. The molecule has 2 aromatic carbocycles. The molecule has 0 unspecified atom stereocenters. The van der Waals surface area contributed by atoms with Gasteiger partial charge in [0.05, 0.1) is 12.3 Å². The zero-order chi connectivity index (χ0) is 15.4. The average Bonchev–Trinajstić information content (AvgIpc) is 2.44. The first kappa shape index (κ1) is 15.1. The molecule has 3 nitrogen and oxygen atoms in total. The Bertz CT molecular complexity index is 644. The predicted molar refractivity (Wildman–Crippen MR) is 77.8 cm³/mol. The van der Waals surface area contributed by atoms with E-state index in [-0.39, 0.29) is 17.2 Å². The molecule has 0 saturated carbocycles. The zero-order valence-corrected chi connectivity index (χ0v) is 12.0. The molecule has 112 valence electrons. The van der Waals surface area contributed by atoms with E-state index < -0.39 is 11.6 Å². The molecule has 5 heteroatoms. The molecule has 0 aliphatic rings. The van der Waals surface area contributed by atoms with Gasteiger partial charge in [-0.2, -0.15) is 0 Å². The van der Waals surface area contributed by atoms with Crippen LogP contribution >= 0.6 is 0 Å². The Morgan fingerprint density at radius 3 is 2.52 bits per heavy atom. The number of benzene rings is 2. The van der Waals surface area contributed by atoms with E-state index >= 15 is 0 Å². The van der Waals surface area contributed by atoms with Crippen molar-refractivity contribution in [3.63, 3.8) is 0 Å². The molecule has 0 bridgehead atoms. The van der Waals surface area contributed by atoms with Gasteiger partial charge in [-0.05, 0) is 25.0 Å². The van der Waals surface area contributed by atoms with Gasteiger partial charge in [0, 0.05) is 18.2 Å². The summed E-state index contributed by atoms with van der Waals surface area (Å²) < 4.78 is 37.9. The van der Waals surface area contributed by atoms with E-state index in [0.717, 1.165) is 18.1 Å². The Labute approximate surface area is 122 Å². The summed E-state index contributed by atoms with van der Waals surface area (Å²) in [6.45, 7) is 4.09. The first-order valence-corrected chi connectivity index (χ1v) is 6.67. The highest BCUT2D eigenvalue weighted by Gasteiger charge is 2.12. The first-order chi connectivity index (χ1) is 10.0. The highest BCUT2D eigenvalue weighted by molar-refractivity contribution is 5.58. The number of ether oxygens (including phenoxy) is 2. The second kappa shape index (κ2) is 6.43. The Balaban J connectivity index is 2.32. The number of nitrogens with two attached hydrogens (primary N) is 1. The lowest BCUT2D eigenvalue weighted by Crippen LogP contribution is -2.01. The molecule has 0 spiro atoms. The molecule has 0 aromatic heterocycles. The summed E-state index contributed by atoms with van der Waals surface area (Å²) in [5.41, 5.74) is 6.61. The van der Waals surface area contributed by atoms with E-state index in [1.807, 2.05) is 6.92 Å². The third kappa shape index (κ3) is 3.62. The number of rotatable bonds is 5. The molecular formula is C16H17F2NO2. The summed E-state index contributed by atoms with van der Waals surface area (Å²) in [6.07, 6.45) is 0.753. The Morgan fingerprint density at radius 1 is 1.05 bits per heavy atom. The molecular weight excluding hydrogens is 276 g/mol. The second-order valence-electron chi connectivity index (χ2n) is 4.68. The van der Waals surface area contributed by atoms with Gasteiger partial charge in [0.15, 0.2) is 17.3 Å². The van der Waals surface area contributed by atoms with Crippen LogP contribution in [0.15, 0.2) is 30.3 Å². The van der Waals surface area contributed by atoms with Crippen LogP contribution in [0.2, 0.25) is 0 Å². The van der Waals surface area contributed by atoms with Crippen molar-refractivity contribution in [2.75, 3.05) is 12.3 Å². The third-order valence-electron chi connectivity index (χ3n) is 2.90. The lowest BCUT2D eigenvalue weighted by molar-refractivity contribution is 0.299. The summed E-state index contributed by atoms with van der Waals surface area (Å²) >= 11 is 0. The fourth-order valence-electron chi connectivity index (χ4n) is 1.76. The Hall–Kier alpha value is -2.30. The van der Waals surface area contributed by atoms with Crippen LogP contribution in [0, 0.1) is 18.6 Å². The van der Waals surface area contributed by atoms with Crippen molar-refractivity contribution in [1.82, 2.24) is 0 Å². The van der Waals surface area contributed by atoms with Crippen molar-refractivity contribution in [1.29, 1.82) is 0 Å². The summed E-state index contributed by atoms with van der Waals surface area (Å²) in [4.78, 5) is 0. The lowest BCUT2D eigenvalue weighted by atomic mass is 10.2. The van der Waals surface area contributed by atoms with Crippen LogP contribution in [0.3, 0.4) is 0 Å².